The SMILES string of the molecule is COc1cc2c(c(OC)c1OC)C(=O)N1N=C(c3ccccc3)CC21. The number of rotatable bonds is 4. The maximum absolute atomic E-state index is 12.9. The molecule has 25 heavy (non-hydrogen) atoms. The maximum atomic E-state index is 12.9. The lowest BCUT2D eigenvalue weighted by molar-refractivity contribution is 0.0753. The molecule has 2 aromatic carbocycles. The summed E-state index contributed by atoms with van der Waals surface area (Å²) in [6.07, 6.45) is 0.654. The molecule has 6 heteroatoms. The fourth-order valence-corrected chi connectivity index (χ4v) is 3.52. The van der Waals surface area contributed by atoms with E-state index in [0.29, 0.717) is 29.2 Å². The molecule has 0 fully saturated rings. The highest BCUT2D eigenvalue weighted by molar-refractivity contribution is 6.09. The van der Waals surface area contributed by atoms with Crippen LogP contribution in [0.1, 0.15) is 33.9 Å². The zero-order valence-electron chi connectivity index (χ0n) is 14.3. The van der Waals surface area contributed by atoms with Crippen LogP contribution in [0.25, 0.3) is 0 Å². The molecule has 1 unspecified atom stereocenters. The predicted octanol–water partition coefficient (Wildman–Crippen LogP) is 3.02. The molecule has 1 amide bonds. The molecular weight excluding hydrogens is 320 g/mol. The number of hydrogen-bond donors (Lipinski definition) is 0. The first kappa shape index (κ1) is 15.5. The van der Waals surface area contributed by atoms with Crippen LogP contribution in [0.3, 0.4) is 0 Å². The van der Waals surface area contributed by atoms with E-state index >= 15 is 0 Å². The summed E-state index contributed by atoms with van der Waals surface area (Å²) in [5, 5.41) is 6.10. The van der Waals surface area contributed by atoms with E-state index in [-0.39, 0.29) is 11.9 Å². The molecule has 4 rings (SSSR count). The normalized spacial score (nSPS) is 17.9. The Hall–Kier alpha value is -3.02. The number of hydrazone groups is 1. The molecule has 6 nitrogen and oxygen atoms in total. The number of hydrogen-bond acceptors (Lipinski definition) is 5. The molecule has 2 aromatic rings. The summed E-state index contributed by atoms with van der Waals surface area (Å²) in [5.41, 5.74) is 3.28. The minimum atomic E-state index is -0.177. The van der Waals surface area contributed by atoms with Crippen molar-refractivity contribution in [3.63, 3.8) is 0 Å². The molecule has 0 radical (unpaired) electrons. The number of ether oxygens (including phenoxy) is 3. The highest BCUT2D eigenvalue weighted by atomic mass is 16.5. The van der Waals surface area contributed by atoms with Crippen molar-refractivity contribution in [2.24, 2.45) is 5.10 Å². The molecule has 0 bridgehead atoms. The number of fused-ring (bicyclic) bond motifs is 3. The first-order valence-corrected chi connectivity index (χ1v) is 7.99. The Morgan fingerprint density at radius 2 is 1.76 bits per heavy atom. The summed E-state index contributed by atoms with van der Waals surface area (Å²) < 4.78 is 16.3. The minimum absolute atomic E-state index is 0.147. The van der Waals surface area contributed by atoms with Crippen LogP contribution >= 0.6 is 0 Å². The Bertz CT molecular complexity index is 877. The standard InChI is InChI=1S/C19H18N2O4/c1-23-15-9-12-14-10-13(11-7-5-4-6-8-11)20-21(14)19(22)16(12)18(25-3)17(15)24-2/h4-9,14H,10H2,1-3H3. The second-order valence-electron chi connectivity index (χ2n) is 5.89. The number of amides is 1. The molecule has 2 aliphatic heterocycles. The van der Waals surface area contributed by atoms with Gasteiger partial charge in [0.05, 0.1) is 38.6 Å². The quantitative estimate of drug-likeness (QED) is 0.860. The summed E-state index contributed by atoms with van der Waals surface area (Å²) in [6, 6.07) is 11.6. The van der Waals surface area contributed by atoms with Gasteiger partial charge >= 0.3 is 0 Å². The predicted molar refractivity (Wildman–Crippen MR) is 92.6 cm³/mol. The van der Waals surface area contributed by atoms with Gasteiger partial charge in [0.2, 0.25) is 5.75 Å². The van der Waals surface area contributed by atoms with Gasteiger partial charge < -0.3 is 14.2 Å². The number of benzene rings is 2. The van der Waals surface area contributed by atoms with Crippen molar-refractivity contribution in [3.05, 3.63) is 53.1 Å². The van der Waals surface area contributed by atoms with E-state index in [1.54, 1.807) is 7.11 Å². The van der Waals surface area contributed by atoms with Crippen LogP contribution in [-0.2, 0) is 0 Å². The Morgan fingerprint density at radius 3 is 2.40 bits per heavy atom. The number of carbonyl (C=O) groups is 1. The van der Waals surface area contributed by atoms with Gasteiger partial charge in [0, 0.05) is 6.42 Å². The second kappa shape index (κ2) is 5.81. The Morgan fingerprint density at radius 1 is 1.04 bits per heavy atom. The molecule has 0 saturated carbocycles. The van der Waals surface area contributed by atoms with E-state index in [9.17, 15) is 4.79 Å². The molecule has 2 aliphatic rings. The highest BCUT2D eigenvalue weighted by Gasteiger charge is 2.45. The number of nitrogens with zero attached hydrogens (tertiary/aromatic N) is 2. The van der Waals surface area contributed by atoms with Crippen LogP contribution in [0, 0.1) is 0 Å². The van der Waals surface area contributed by atoms with Crippen molar-refractivity contribution < 1.29 is 19.0 Å². The Kier molecular flexibility index (Phi) is 3.60. The van der Waals surface area contributed by atoms with Gasteiger partial charge in [-0.1, -0.05) is 30.3 Å². The summed E-state index contributed by atoms with van der Waals surface area (Å²) in [7, 11) is 4.62. The maximum Gasteiger partial charge on any atom is 0.278 e. The van der Waals surface area contributed by atoms with Crippen LogP contribution in [0.4, 0.5) is 0 Å². The molecule has 0 aromatic heterocycles. The molecular formula is C19H18N2O4. The van der Waals surface area contributed by atoms with Gasteiger partial charge in [-0.25, -0.2) is 5.01 Å². The first-order chi connectivity index (χ1) is 12.2. The molecule has 0 saturated heterocycles. The second-order valence-corrected chi connectivity index (χ2v) is 5.89. The zero-order valence-corrected chi connectivity index (χ0v) is 14.3. The van der Waals surface area contributed by atoms with Crippen LogP contribution in [-0.4, -0.2) is 38.0 Å². The van der Waals surface area contributed by atoms with Gasteiger partial charge in [-0.05, 0) is 17.2 Å². The molecule has 0 spiro atoms. The molecule has 0 N–H and O–H groups in total. The monoisotopic (exact) mass is 338 g/mol. The number of carbonyl (C=O) groups excluding carboxylic acids is 1. The van der Waals surface area contributed by atoms with Crippen LogP contribution in [0.15, 0.2) is 41.5 Å². The highest BCUT2D eigenvalue weighted by Crippen LogP contribution is 2.51. The van der Waals surface area contributed by atoms with Crippen molar-refractivity contribution in [3.8, 4) is 17.2 Å². The third-order valence-electron chi connectivity index (χ3n) is 4.66. The van der Waals surface area contributed by atoms with Crippen molar-refractivity contribution in [1.29, 1.82) is 0 Å². The average molecular weight is 338 g/mol. The van der Waals surface area contributed by atoms with Gasteiger partial charge in [0.1, 0.15) is 0 Å². The summed E-state index contributed by atoms with van der Waals surface area (Å²) in [4.78, 5) is 12.9. The van der Waals surface area contributed by atoms with Gasteiger partial charge in [0.25, 0.3) is 5.91 Å². The zero-order chi connectivity index (χ0) is 17.6. The van der Waals surface area contributed by atoms with Crippen molar-refractivity contribution in [2.45, 2.75) is 12.5 Å². The number of methoxy groups -OCH3 is 3. The summed E-state index contributed by atoms with van der Waals surface area (Å²) in [5.74, 6) is 1.18. The largest absolute Gasteiger partial charge is 0.493 e. The molecule has 2 heterocycles. The molecule has 1 atom stereocenters. The van der Waals surface area contributed by atoms with Gasteiger partial charge in [-0.2, -0.15) is 5.10 Å². The lowest BCUT2D eigenvalue weighted by Crippen LogP contribution is -2.18. The van der Waals surface area contributed by atoms with E-state index in [4.69, 9.17) is 14.2 Å². The third kappa shape index (κ3) is 2.17. The lowest BCUT2D eigenvalue weighted by Gasteiger charge is -2.16. The van der Waals surface area contributed by atoms with E-state index in [2.05, 4.69) is 5.10 Å². The van der Waals surface area contributed by atoms with E-state index in [1.165, 1.54) is 19.2 Å². The van der Waals surface area contributed by atoms with Gasteiger partial charge in [-0.3, -0.25) is 4.79 Å². The van der Waals surface area contributed by atoms with Crippen molar-refractivity contribution >= 4 is 11.6 Å². The molecule has 0 aliphatic carbocycles. The van der Waals surface area contributed by atoms with Crippen molar-refractivity contribution in [1.82, 2.24) is 5.01 Å². The topological polar surface area (TPSA) is 60.4 Å². The fourth-order valence-electron chi connectivity index (χ4n) is 3.52. The van der Waals surface area contributed by atoms with Gasteiger partial charge in [0.15, 0.2) is 11.5 Å². The smallest absolute Gasteiger partial charge is 0.278 e. The van der Waals surface area contributed by atoms with Crippen LogP contribution < -0.4 is 14.2 Å². The minimum Gasteiger partial charge on any atom is -0.493 e. The molecule has 128 valence electrons. The first-order valence-electron chi connectivity index (χ1n) is 7.99. The van der Waals surface area contributed by atoms with E-state index < -0.39 is 0 Å². The summed E-state index contributed by atoms with van der Waals surface area (Å²) in [6.45, 7) is 0. The Balaban J connectivity index is 1.81. The third-order valence-corrected chi connectivity index (χ3v) is 4.66. The fraction of sp³-hybridized carbons (Fsp3) is 0.263. The van der Waals surface area contributed by atoms with Gasteiger partial charge in [-0.15, -0.1) is 0 Å². The van der Waals surface area contributed by atoms with Crippen LogP contribution in [0.2, 0.25) is 0 Å². The van der Waals surface area contributed by atoms with Crippen LogP contribution in [0.5, 0.6) is 17.2 Å². The Labute approximate surface area is 145 Å². The van der Waals surface area contributed by atoms with Crippen molar-refractivity contribution in [2.75, 3.05) is 21.3 Å². The average Bonchev–Trinajstić information content (AvgIpc) is 3.20. The lowest BCUT2D eigenvalue weighted by atomic mass is 9.97. The van der Waals surface area contributed by atoms with E-state index in [0.717, 1.165) is 16.8 Å². The van der Waals surface area contributed by atoms with E-state index in [1.807, 2.05) is 36.4 Å². The summed E-state index contributed by atoms with van der Waals surface area (Å²) >= 11 is 0.